The zero-order valence-electron chi connectivity index (χ0n) is 12.6. The minimum atomic E-state index is -0.450. The lowest BCUT2D eigenvalue weighted by Gasteiger charge is -2.05. The van der Waals surface area contributed by atoms with E-state index in [2.05, 4.69) is 23.2 Å². The largest absolute Gasteiger partial charge is 0.445 e. The Labute approximate surface area is 135 Å². The molecule has 0 aromatic heterocycles. The van der Waals surface area contributed by atoms with E-state index in [-0.39, 0.29) is 6.61 Å². The van der Waals surface area contributed by atoms with E-state index in [0.717, 1.165) is 11.1 Å². The van der Waals surface area contributed by atoms with E-state index in [1.165, 1.54) is 0 Å². The molecular weight excluding hydrogens is 288 g/mol. The Bertz CT molecular complexity index is 735. The normalized spacial score (nSPS) is 9.17. The lowest BCUT2D eigenvalue weighted by atomic mass is 10.1. The van der Waals surface area contributed by atoms with Crippen molar-refractivity contribution in [1.29, 1.82) is 5.26 Å². The maximum Gasteiger partial charge on any atom is 0.407 e. The number of amides is 1. The Morgan fingerprint density at radius 1 is 1.04 bits per heavy atom. The number of hydrogen-bond acceptors (Lipinski definition) is 3. The Morgan fingerprint density at radius 3 is 2.43 bits per heavy atom. The van der Waals surface area contributed by atoms with Crippen molar-refractivity contribution >= 4 is 6.09 Å². The number of benzene rings is 2. The fourth-order valence-corrected chi connectivity index (χ4v) is 1.79. The van der Waals surface area contributed by atoms with Gasteiger partial charge in [0.2, 0.25) is 0 Å². The zero-order chi connectivity index (χ0) is 16.3. The van der Waals surface area contributed by atoms with E-state index in [1.54, 1.807) is 24.3 Å². The van der Waals surface area contributed by atoms with Crippen molar-refractivity contribution in [3.05, 3.63) is 71.3 Å². The van der Waals surface area contributed by atoms with E-state index in [1.807, 2.05) is 30.3 Å². The van der Waals surface area contributed by atoms with Gasteiger partial charge in [-0.1, -0.05) is 42.2 Å². The van der Waals surface area contributed by atoms with Gasteiger partial charge in [-0.25, -0.2) is 4.79 Å². The number of nitrogens with zero attached hydrogens (tertiary/aromatic N) is 1. The molecule has 1 N–H and O–H groups in total. The Kier molecular flexibility index (Phi) is 6.26. The highest BCUT2D eigenvalue weighted by Crippen LogP contribution is 2.02. The van der Waals surface area contributed by atoms with Crippen LogP contribution in [0.3, 0.4) is 0 Å². The van der Waals surface area contributed by atoms with Crippen molar-refractivity contribution in [1.82, 2.24) is 5.32 Å². The first-order valence-corrected chi connectivity index (χ1v) is 7.21. The van der Waals surface area contributed by atoms with E-state index < -0.39 is 6.09 Å². The Morgan fingerprint density at radius 2 is 1.74 bits per heavy atom. The molecule has 0 saturated carbocycles. The number of hydrogen-bond donors (Lipinski definition) is 1. The van der Waals surface area contributed by atoms with Gasteiger partial charge in [-0.05, 0) is 29.8 Å². The second-order valence-corrected chi connectivity index (χ2v) is 4.73. The molecule has 0 unspecified atom stereocenters. The minimum absolute atomic E-state index is 0.254. The van der Waals surface area contributed by atoms with Crippen LogP contribution >= 0.6 is 0 Å². The van der Waals surface area contributed by atoms with Gasteiger partial charge in [-0.15, -0.1) is 0 Å². The van der Waals surface area contributed by atoms with E-state index in [9.17, 15) is 4.79 Å². The minimum Gasteiger partial charge on any atom is -0.445 e. The molecule has 2 rings (SSSR count). The highest BCUT2D eigenvalue weighted by Gasteiger charge is 2.00. The number of ether oxygens (including phenoxy) is 1. The summed E-state index contributed by atoms with van der Waals surface area (Å²) in [7, 11) is 0. The fraction of sp³-hybridized carbons (Fsp3) is 0.158. The smallest absolute Gasteiger partial charge is 0.407 e. The maximum absolute atomic E-state index is 11.5. The molecule has 0 heterocycles. The van der Waals surface area contributed by atoms with Gasteiger partial charge in [-0.3, -0.25) is 0 Å². The van der Waals surface area contributed by atoms with Crippen molar-refractivity contribution in [3.63, 3.8) is 0 Å². The van der Waals surface area contributed by atoms with Crippen LogP contribution in [-0.2, 0) is 11.3 Å². The Balaban J connectivity index is 1.66. The summed E-state index contributed by atoms with van der Waals surface area (Å²) in [5.74, 6) is 5.94. The van der Waals surface area contributed by atoms with Gasteiger partial charge in [0.15, 0.2) is 0 Å². The van der Waals surface area contributed by atoms with Crippen molar-refractivity contribution in [2.45, 2.75) is 13.0 Å². The summed E-state index contributed by atoms with van der Waals surface area (Å²) in [6, 6.07) is 18.6. The summed E-state index contributed by atoms with van der Waals surface area (Å²) in [6.07, 6.45) is 0.0782. The summed E-state index contributed by atoms with van der Waals surface area (Å²) in [4.78, 5) is 11.5. The lowest BCUT2D eigenvalue weighted by molar-refractivity contribution is 0.140. The van der Waals surface area contributed by atoms with E-state index in [4.69, 9.17) is 10.00 Å². The van der Waals surface area contributed by atoms with Crippen molar-refractivity contribution in [2.24, 2.45) is 0 Å². The fourth-order valence-electron chi connectivity index (χ4n) is 1.79. The van der Waals surface area contributed by atoms with Crippen molar-refractivity contribution < 1.29 is 9.53 Å². The van der Waals surface area contributed by atoms with Crippen LogP contribution in [0, 0.1) is 23.2 Å². The van der Waals surface area contributed by atoms with Gasteiger partial charge in [0.25, 0.3) is 0 Å². The van der Waals surface area contributed by atoms with Gasteiger partial charge in [0.1, 0.15) is 6.61 Å². The second kappa shape index (κ2) is 8.92. The first-order valence-electron chi connectivity index (χ1n) is 7.21. The molecule has 2 aromatic rings. The molecule has 0 atom stereocenters. The average molecular weight is 304 g/mol. The third kappa shape index (κ3) is 5.95. The van der Waals surface area contributed by atoms with Gasteiger partial charge in [-0.2, -0.15) is 5.26 Å². The third-order valence-electron chi connectivity index (χ3n) is 2.98. The molecule has 0 saturated heterocycles. The molecule has 4 heteroatoms. The highest BCUT2D eigenvalue weighted by molar-refractivity contribution is 5.67. The predicted molar refractivity (Wildman–Crippen MR) is 87.3 cm³/mol. The van der Waals surface area contributed by atoms with Crippen LogP contribution in [-0.4, -0.2) is 12.6 Å². The molecule has 0 spiro atoms. The second-order valence-electron chi connectivity index (χ2n) is 4.73. The van der Waals surface area contributed by atoms with E-state index in [0.29, 0.717) is 18.5 Å². The van der Waals surface area contributed by atoms with Crippen LogP contribution in [0.5, 0.6) is 0 Å². The molecule has 0 aliphatic heterocycles. The lowest BCUT2D eigenvalue weighted by Crippen LogP contribution is -2.24. The number of rotatable bonds is 4. The van der Waals surface area contributed by atoms with Crippen LogP contribution in [0.4, 0.5) is 4.79 Å². The number of carbonyl (C=O) groups excluding carboxylic acids is 1. The quantitative estimate of drug-likeness (QED) is 0.697. The molecular formula is C19H16N2O2. The molecule has 4 nitrogen and oxygen atoms in total. The highest BCUT2D eigenvalue weighted by atomic mass is 16.5. The van der Waals surface area contributed by atoms with Crippen molar-refractivity contribution in [3.8, 4) is 17.9 Å². The third-order valence-corrected chi connectivity index (χ3v) is 2.98. The summed E-state index contributed by atoms with van der Waals surface area (Å²) < 4.78 is 5.09. The number of alkyl carbamates (subject to hydrolysis) is 1. The maximum atomic E-state index is 11.5. The van der Waals surface area contributed by atoms with Crippen molar-refractivity contribution in [2.75, 3.05) is 6.54 Å². The molecule has 2 aromatic carbocycles. The molecule has 0 aliphatic rings. The first kappa shape index (κ1) is 16.1. The molecule has 0 bridgehead atoms. The summed E-state index contributed by atoms with van der Waals surface area (Å²) in [5, 5.41) is 11.4. The SMILES string of the molecule is N#Cc1ccc(C#CCCNC(=O)OCc2ccccc2)cc1. The Hall–Kier alpha value is -3.24. The molecule has 114 valence electrons. The van der Waals surface area contributed by atoms with Gasteiger partial charge < -0.3 is 10.1 Å². The van der Waals surface area contributed by atoms with Crippen LogP contribution in [0.15, 0.2) is 54.6 Å². The summed E-state index contributed by atoms with van der Waals surface area (Å²) in [5.41, 5.74) is 2.40. The van der Waals surface area contributed by atoms with Gasteiger partial charge in [0.05, 0.1) is 11.6 Å². The standard InChI is InChI=1S/C19H16N2O2/c20-14-17-11-9-16(10-12-17)6-4-5-13-21-19(22)23-15-18-7-2-1-3-8-18/h1-3,7-12H,5,13,15H2,(H,21,22). The van der Waals surface area contributed by atoms with Crippen LogP contribution in [0.25, 0.3) is 0 Å². The van der Waals surface area contributed by atoms with Crippen LogP contribution in [0.2, 0.25) is 0 Å². The number of nitrogens with one attached hydrogen (secondary N) is 1. The summed E-state index contributed by atoms with van der Waals surface area (Å²) >= 11 is 0. The molecule has 0 aliphatic carbocycles. The van der Waals surface area contributed by atoms with Crippen LogP contribution in [0.1, 0.15) is 23.1 Å². The predicted octanol–water partition coefficient (Wildman–Crippen LogP) is 3.23. The summed E-state index contributed by atoms with van der Waals surface area (Å²) in [6.45, 7) is 0.681. The van der Waals surface area contributed by atoms with Gasteiger partial charge >= 0.3 is 6.09 Å². The molecule has 23 heavy (non-hydrogen) atoms. The molecule has 1 amide bonds. The average Bonchev–Trinajstić information content (AvgIpc) is 2.61. The molecule has 0 radical (unpaired) electrons. The number of nitriles is 1. The monoisotopic (exact) mass is 304 g/mol. The van der Waals surface area contributed by atoms with E-state index >= 15 is 0 Å². The van der Waals surface area contributed by atoms with Gasteiger partial charge in [0, 0.05) is 18.5 Å². The topological polar surface area (TPSA) is 62.1 Å². The zero-order valence-corrected chi connectivity index (χ0v) is 12.6. The first-order chi connectivity index (χ1) is 11.3. The number of carbonyl (C=O) groups is 1. The molecule has 0 fully saturated rings. The van der Waals surface area contributed by atoms with Crippen LogP contribution < -0.4 is 5.32 Å².